The largest absolute Gasteiger partial charge is 0.508 e. The molecule has 16 N–H and O–H groups in total. The molecule has 1 aromatic heterocycles. The molecule has 1 saturated heterocycles. The normalized spacial score (nSPS) is 16.2. The average Bonchev–Trinajstić information content (AvgIpc) is 4.25. The second kappa shape index (κ2) is 32.6. The molecule has 0 spiro atoms. The van der Waals surface area contributed by atoms with Gasteiger partial charge < -0.3 is 79.0 Å². The maximum atomic E-state index is 14.6. The first-order chi connectivity index (χ1) is 38.9. The highest BCUT2D eigenvalue weighted by molar-refractivity contribution is 7.80. The van der Waals surface area contributed by atoms with Crippen LogP contribution in [0.2, 0.25) is 0 Å². The smallest absolute Gasteiger partial charge is 0.326 e. The summed E-state index contributed by atoms with van der Waals surface area (Å²) in [4.78, 5) is 168. The number of carbonyl (C=O) groups excluding carboxylic acids is 9. The van der Waals surface area contributed by atoms with E-state index in [9.17, 15) is 78.0 Å². The van der Waals surface area contributed by atoms with E-state index in [-0.39, 0.29) is 56.6 Å². The Balaban J connectivity index is 1.61. The van der Waals surface area contributed by atoms with E-state index in [0.29, 0.717) is 23.2 Å². The first kappa shape index (κ1) is 65.9. The monoisotopic (exact) mass is 1160 g/mol. The number of carboxylic acids is 3. The molecule has 446 valence electrons. The number of H-pyrrole nitrogens is 1. The number of aromatic hydroxyl groups is 1. The summed E-state index contributed by atoms with van der Waals surface area (Å²) in [7, 11) is 0. The molecule has 9 amide bonds. The fourth-order valence-electron chi connectivity index (χ4n) is 8.74. The van der Waals surface area contributed by atoms with Crippen LogP contribution in [0, 0.1) is 5.92 Å². The number of nitrogens with two attached hydrogens (primary N) is 2. The van der Waals surface area contributed by atoms with E-state index in [1.165, 1.54) is 36.8 Å². The van der Waals surface area contributed by atoms with Gasteiger partial charge in [-0.25, -0.2) is 9.78 Å². The van der Waals surface area contributed by atoms with Crippen molar-refractivity contribution < 1.29 is 78.0 Å². The Hall–Kier alpha value is -8.60. The number of carbonyl (C=O) groups is 12. The molecule has 2 aromatic carbocycles. The molecule has 0 saturated carbocycles. The Kier molecular flexibility index (Phi) is 26.2. The zero-order valence-electron chi connectivity index (χ0n) is 45.2. The Bertz CT molecular complexity index is 2720. The van der Waals surface area contributed by atoms with Gasteiger partial charge in [-0.1, -0.05) is 62.7 Å². The van der Waals surface area contributed by atoms with Crippen molar-refractivity contribution in [3.63, 3.8) is 0 Å². The Morgan fingerprint density at radius 2 is 1.15 bits per heavy atom. The second-order valence-corrected chi connectivity index (χ2v) is 20.1. The molecule has 2 heterocycles. The molecule has 4 rings (SSSR count). The minimum absolute atomic E-state index is 0.0221. The Labute approximate surface area is 476 Å². The fourth-order valence-corrected chi connectivity index (χ4v) is 8.91. The molecule has 28 nitrogen and oxygen atoms in total. The predicted octanol–water partition coefficient (Wildman–Crippen LogP) is -2.09. The lowest BCUT2D eigenvalue weighted by Gasteiger charge is -2.31. The number of phenolic OH excluding ortho intramolecular Hbond substituents is 1. The molecule has 10 atom stereocenters. The van der Waals surface area contributed by atoms with Crippen LogP contribution < -0.4 is 48.7 Å². The lowest BCUT2D eigenvalue weighted by atomic mass is 9.98. The van der Waals surface area contributed by atoms with Crippen molar-refractivity contribution >= 4 is 83.7 Å². The number of hydrogen-bond acceptors (Lipinski definition) is 16. The van der Waals surface area contributed by atoms with E-state index in [1.54, 1.807) is 44.2 Å². The van der Waals surface area contributed by atoms with Crippen LogP contribution in [0.3, 0.4) is 0 Å². The van der Waals surface area contributed by atoms with Gasteiger partial charge in [0.15, 0.2) is 0 Å². The standard InChI is InChI=1S/C53H72N12O16S/c1-3-28(2)44(53(80)81)64-48(75)34(15-18-41(55)67)59-49(76)38(22-29-8-5-4-6-9-29)62-47(74)35(16-19-42(68)69)58-46(73)36(17-20-43(70)71)60-51(78)40-10-7-21-65(40)52(79)39(24-31-25-56-27-57-31)63-50(77)37(61-45(72)33(54)26-82)23-30-11-13-32(66)14-12-30/h4-6,8-9,11-14,25,27-28,33-40,44,66,82H,3,7,10,15-24,26,54H2,1-2H3,(H2,55,67)(H,56,57)(H,58,73)(H,59,76)(H,60,78)(H,61,72)(H,62,74)(H,63,77)(H,64,75)(H,68,69)(H,70,71)(H,80,81)/t28-,33-,34-,35-,36-,37-,38-,39-,40-,44-/m0/s1. The van der Waals surface area contributed by atoms with Crippen LogP contribution in [0.1, 0.15) is 88.5 Å². The number of carboxylic acid groups (broad SMARTS) is 3. The number of amides is 9. The van der Waals surface area contributed by atoms with E-state index in [2.05, 4.69) is 59.8 Å². The van der Waals surface area contributed by atoms with Crippen molar-refractivity contribution in [3.05, 3.63) is 83.9 Å². The average molecular weight is 1170 g/mol. The zero-order chi connectivity index (χ0) is 60.6. The van der Waals surface area contributed by atoms with E-state index in [4.69, 9.17) is 11.5 Å². The highest BCUT2D eigenvalue weighted by atomic mass is 32.1. The minimum atomic E-state index is -1.78. The van der Waals surface area contributed by atoms with E-state index < -0.39 is 163 Å². The van der Waals surface area contributed by atoms with Crippen molar-refractivity contribution in [3.8, 4) is 5.75 Å². The maximum Gasteiger partial charge on any atom is 0.326 e. The highest BCUT2D eigenvalue weighted by Gasteiger charge is 2.41. The molecule has 29 heteroatoms. The van der Waals surface area contributed by atoms with E-state index in [0.717, 1.165) is 4.90 Å². The summed E-state index contributed by atoms with van der Waals surface area (Å²) in [6.07, 6.45) is -0.714. The number of aliphatic carboxylic acids is 3. The van der Waals surface area contributed by atoms with Crippen molar-refractivity contribution in [1.82, 2.24) is 52.1 Å². The number of nitrogens with one attached hydrogen (secondary N) is 8. The van der Waals surface area contributed by atoms with Gasteiger partial charge in [-0.3, -0.25) is 52.7 Å². The lowest BCUT2D eigenvalue weighted by molar-refractivity contribution is -0.144. The number of imidazole rings is 1. The molecular formula is C53H72N12O16S. The second-order valence-electron chi connectivity index (χ2n) is 19.8. The quantitative estimate of drug-likeness (QED) is 0.0285. The van der Waals surface area contributed by atoms with Gasteiger partial charge in [-0.15, -0.1) is 0 Å². The Morgan fingerprint density at radius 3 is 1.65 bits per heavy atom. The first-order valence-electron chi connectivity index (χ1n) is 26.4. The van der Waals surface area contributed by atoms with E-state index in [1.807, 2.05) is 0 Å². The predicted molar refractivity (Wildman–Crippen MR) is 294 cm³/mol. The van der Waals surface area contributed by atoms with Crippen LogP contribution in [0.4, 0.5) is 0 Å². The summed E-state index contributed by atoms with van der Waals surface area (Å²) in [6, 6.07) is 0.665. The number of nitrogens with zero attached hydrogens (tertiary/aromatic N) is 2. The molecule has 0 aliphatic carbocycles. The molecule has 82 heavy (non-hydrogen) atoms. The number of rotatable bonds is 34. The van der Waals surface area contributed by atoms with Gasteiger partial charge in [0.1, 0.15) is 54.1 Å². The van der Waals surface area contributed by atoms with Gasteiger partial charge in [-0.05, 0) is 61.3 Å². The number of phenols is 1. The van der Waals surface area contributed by atoms with Crippen LogP contribution >= 0.6 is 12.6 Å². The summed E-state index contributed by atoms with van der Waals surface area (Å²) in [5.74, 6) is -13.3. The van der Waals surface area contributed by atoms with Crippen LogP contribution in [0.25, 0.3) is 0 Å². The van der Waals surface area contributed by atoms with Crippen LogP contribution in [0.15, 0.2) is 67.1 Å². The van der Waals surface area contributed by atoms with E-state index >= 15 is 0 Å². The summed E-state index contributed by atoms with van der Waals surface area (Å²) >= 11 is 4.07. The maximum absolute atomic E-state index is 14.6. The van der Waals surface area contributed by atoms with Crippen molar-refractivity contribution in [2.75, 3.05) is 12.3 Å². The van der Waals surface area contributed by atoms with Crippen LogP contribution in [0.5, 0.6) is 5.75 Å². The Morgan fingerprint density at radius 1 is 0.659 bits per heavy atom. The zero-order valence-corrected chi connectivity index (χ0v) is 46.1. The number of primary amides is 1. The van der Waals surface area contributed by atoms with Gasteiger partial charge >= 0.3 is 17.9 Å². The third-order valence-corrected chi connectivity index (χ3v) is 13.9. The van der Waals surface area contributed by atoms with Crippen molar-refractivity contribution in [2.45, 2.75) is 145 Å². The number of hydrogen-bond donors (Lipinski definition) is 15. The summed E-state index contributed by atoms with van der Waals surface area (Å²) in [6.45, 7) is 3.24. The molecule has 0 bridgehead atoms. The molecule has 1 fully saturated rings. The number of thiol groups is 1. The van der Waals surface area contributed by atoms with Gasteiger partial charge in [0, 0.05) is 62.7 Å². The molecule has 1 aliphatic heterocycles. The summed E-state index contributed by atoms with van der Waals surface area (Å²) < 4.78 is 0. The number of aromatic nitrogens is 2. The van der Waals surface area contributed by atoms with Crippen molar-refractivity contribution in [1.29, 1.82) is 0 Å². The van der Waals surface area contributed by atoms with Gasteiger partial charge in [-0.2, -0.15) is 12.6 Å². The summed E-state index contributed by atoms with van der Waals surface area (Å²) in [5.41, 5.74) is 12.6. The molecule has 0 radical (unpaired) electrons. The highest BCUT2D eigenvalue weighted by Crippen LogP contribution is 2.21. The molecular weight excluding hydrogens is 1090 g/mol. The third kappa shape index (κ3) is 21.1. The number of benzene rings is 2. The van der Waals surface area contributed by atoms with Crippen LogP contribution in [-0.4, -0.2) is 173 Å². The van der Waals surface area contributed by atoms with Crippen LogP contribution in [-0.2, 0) is 76.8 Å². The van der Waals surface area contributed by atoms with Gasteiger partial charge in [0.25, 0.3) is 0 Å². The first-order valence-corrected chi connectivity index (χ1v) is 27.1. The third-order valence-electron chi connectivity index (χ3n) is 13.5. The fraction of sp³-hybridized carbons (Fsp3) is 0.491. The van der Waals surface area contributed by atoms with Gasteiger partial charge in [0.05, 0.1) is 12.4 Å². The molecule has 0 unspecified atom stereocenters. The topological polar surface area (TPSA) is 454 Å². The number of aromatic amines is 1. The minimum Gasteiger partial charge on any atom is -0.508 e. The van der Waals surface area contributed by atoms with Gasteiger partial charge in [0.2, 0.25) is 53.2 Å². The number of likely N-dealkylation sites (tertiary alicyclic amines) is 1. The molecule has 1 aliphatic rings. The molecule has 3 aromatic rings. The summed E-state index contributed by atoms with van der Waals surface area (Å²) in [5, 5.41) is 56.5. The van der Waals surface area contributed by atoms with Crippen molar-refractivity contribution in [2.24, 2.45) is 17.4 Å². The lowest BCUT2D eigenvalue weighted by Crippen LogP contribution is -2.60. The SMILES string of the molecule is CC[C@H](C)[C@H](NC(=O)[C@H](CCC(N)=O)NC(=O)[C@H](Cc1ccccc1)NC(=O)[C@H](CCC(=O)O)NC(=O)[C@H](CCC(=O)O)NC(=O)[C@@H]1CCCN1C(=O)[C@H](Cc1cnc[nH]1)NC(=O)[C@H](Cc1ccc(O)cc1)NC(=O)[C@@H](N)CS)C(=O)O.